The van der Waals surface area contributed by atoms with E-state index in [1.54, 1.807) is 0 Å². The SMILES string of the molecule is [CH2-][NH+]1NCc2ccccc2C1=O. The van der Waals surface area contributed by atoms with Crippen LogP contribution in [0.25, 0.3) is 0 Å². The standard InChI is InChI=1S/C9H10N2O/c1-11-9(12)8-5-3-2-4-7(8)6-10-11/h2-5,10-11H,1,6H2. The van der Waals surface area contributed by atoms with E-state index in [1.165, 1.54) is 0 Å². The largest absolute Gasteiger partial charge is 0.336 e. The number of quaternary nitrogens is 1. The normalized spacial score (nSPS) is 22.1. The zero-order valence-electron chi connectivity index (χ0n) is 6.63. The molecule has 1 amide bonds. The number of carbonyl (C=O) groups excluding carboxylic acids is 1. The molecule has 1 unspecified atom stereocenters. The van der Waals surface area contributed by atoms with Gasteiger partial charge in [-0.05, 0) is 11.6 Å². The lowest BCUT2D eigenvalue weighted by Crippen LogP contribution is -3.17. The van der Waals surface area contributed by atoms with E-state index in [9.17, 15) is 4.79 Å². The minimum Gasteiger partial charge on any atom is -0.321 e. The van der Waals surface area contributed by atoms with Crippen molar-refractivity contribution in [3.8, 4) is 0 Å². The van der Waals surface area contributed by atoms with Crippen molar-refractivity contribution in [3.63, 3.8) is 0 Å². The Kier molecular flexibility index (Phi) is 1.67. The summed E-state index contributed by atoms with van der Waals surface area (Å²) in [5, 5.41) is 0.494. The third kappa shape index (κ3) is 1.03. The molecule has 1 aromatic carbocycles. The first kappa shape index (κ1) is 7.46. The molecule has 12 heavy (non-hydrogen) atoms. The fourth-order valence-electron chi connectivity index (χ4n) is 1.34. The number of carbonyl (C=O) groups is 1. The monoisotopic (exact) mass is 162 g/mol. The van der Waals surface area contributed by atoms with Crippen LogP contribution in [0.2, 0.25) is 0 Å². The first-order valence-corrected chi connectivity index (χ1v) is 3.84. The van der Waals surface area contributed by atoms with Crippen LogP contribution in [0.5, 0.6) is 0 Å². The van der Waals surface area contributed by atoms with Crippen LogP contribution in [0.1, 0.15) is 15.9 Å². The molecule has 0 radical (unpaired) electrons. The molecule has 2 rings (SSSR count). The maximum absolute atomic E-state index is 11.5. The first-order valence-electron chi connectivity index (χ1n) is 3.84. The average molecular weight is 162 g/mol. The Morgan fingerprint density at radius 1 is 1.42 bits per heavy atom. The highest BCUT2D eigenvalue weighted by Gasteiger charge is 2.21. The van der Waals surface area contributed by atoms with Crippen LogP contribution in [-0.2, 0) is 6.54 Å². The predicted octanol–water partition coefficient (Wildman–Crippen LogP) is -0.479. The molecule has 3 nitrogen and oxygen atoms in total. The van der Waals surface area contributed by atoms with Crippen LogP contribution in [0.15, 0.2) is 24.3 Å². The fraction of sp³-hybridized carbons (Fsp3) is 0.111. The molecule has 1 aliphatic rings. The van der Waals surface area contributed by atoms with E-state index in [0.29, 0.717) is 11.6 Å². The molecule has 1 heterocycles. The third-order valence-electron chi connectivity index (χ3n) is 2.03. The number of benzene rings is 1. The van der Waals surface area contributed by atoms with Gasteiger partial charge in [0.15, 0.2) is 0 Å². The molecule has 1 aromatic rings. The molecular weight excluding hydrogens is 152 g/mol. The van der Waals surface area contributed by atoms with Gasteiger partial charge < -0.3 is 5.01 Å². The van der Waals surface area contributed by atoms with Crippen LogP contribution in [0.3, 0.4) is 0 Å². The minimum absolute atomic E-state index is 0.0110. The Hall–Kier alpha value is -1.19. The van der Waals surface area contributed by atoms with E-state index in [4.69, 9.17) is 0 Å². The number of rotatable bonds is 0. The van der Waals surface area contributed by atoms with Crippen LogP contribution in [-0.4, -0.2) is 5.91 Å². The summed E-state index contributed by atoms with van der Waals surface area (Å²) < 4.78 is 0. The van der Waals surface area contributed by atoms with Crippen molar-refractivity contribution in [2.45, 2.75) is 6.54 Å². The number of hydrogen-bond donors (Lipinski definition) is 2. The predicted molar refractivity (Wildman–Crippen MR) is 43.9 cm³/mol. The van der Waals surface area contributed by atoms with E-state index in [2.05, 4.69) is 12.5 Å². The molecule has 0 aromatic heterocycles. The maximum Gasteiger partial charge on any atom is 0.336 e. The van der Waals surface area contributed by atoms with Crippen molar-refractivity contribution >= 4 is 5.91 Å². The van der Waals surface area contributed by atoms with E-state index < -0.39 is 0 Å². The Morgan fingerprint density at radius 2 is 2.17 bits per heavy atom. The number of hydrogen-bond acceptors (Lipinski definition) is 2. The first-order chi connectivity index (χ1) is 5.79. The van der Waals surface area contributed by atoms with Crippen molar-refractivity contribution in [3.05, 3.63) is 42.4 Å². The van der Waals surface area contributed by atoms with Gasteiger partial charge in [0.1, 0.15) is 0 Å². The van der Waals surface area contributed by atoms with Gasteiger partial charge in [0, 0.05) is 0 Å². The Morgan fingerprint density at radius 3 is 3.00 bits per heavy atom. The van der Waals surface area contributed by atoms with Crippen molar-refractivity contribution in [1.82, 2.24) is 5.43 Å². The molecule has 0 spiro atoms. The highest BCUT2D eigenvalue weighted by atomic mass is 16.2. The Bertz CT molecular complexity index is 322. The van der Waals surface area contributed by atoms with Crippen molar-refractivity contribution < 1.29 is 9.80 Å². The zero-order valence-corrected chi connectivity index (χ0v) is 6.63. The van der Waals surface area contributed by atoms with Gasteiger partial charge in [0.2, 0.25) is 0 Å². The quantitative estimate of drug-likeness (QED) is 0.505. The maximum atomic E-state index is 11.5. The molecule has 0 saturated heterocycles. The summed E-state index contributed by atoms with van der Waals surface area (Å²) in [7, 11) is 3.63. The molecule has 62 valence electrons. The Labute approximate surface area is 71.0 Å². The molecule has 0 fully saturated rings. The van der Waals surface area contributed by atoms with Gasteiger partial charge in [-0.2, -0.15) is 5.43 Å². The highest BCUT2D eigenvalue weighted by Crippen LogP contribution is 2.08. The molecular formula is C9H10N2O. The van der Waals surface area contributed by atoms with Gasteiger partial charge in [-0.3, -0.25) is 0 Å². The molecule has 2 N–H and O–H groups in total. The third-order valence-corrected chi connectivity index (χ3v) is 2.03. The van der Waals surface area contributed by atoms with E-state index in [1.807, 2.05) is 24.3 Å². The van der Waals surface area contributed by atoms with E-state index in [0.717, 1.165) is 11.1 Å². The summed E-state index contributed by atoms with van der Waals surface area (Å²) in [6.45, 7) is 0.709. The van der Waals surface area contributed by atoms with Gasteiger partial charge in [-0.1, -0.05) is 18.2 Å². The Balaban J connectivity index is 2.49. The van der Waals surface area contributed by atoms with Crippen LogP contribution in [0.4, 0.5) is 0 Å². The number of amides is 1. The molecule has 3 heteroatoms. The molecule has 0 bridgehead atoms. The topological polar surface area (TPSA) is 33.5 Å². The molecule has 1 atom stereocenters. The molecule has 0 aliphatic carbocycles. The van der Waals surface area contributed by atoms with Crippen molar-refractivity contribution in [2.75, 3.05) is 0 Å². The average Bonchev–Trinajstić information content (AvgIpc) is 2.12. The summed E-state index contributed by atoms with van der Waals surface area (Å²) >= 11 is 0. The number of fused-ring (bicyclic) bond motifs is 1. The molecule has 0 saturated carbocycles. The van der Waals surface area contributed by atoms with Crippen LogP contribution < -0.4 is 10.4 Å². The van der Waals surface area contributed by atoms with Gasteiger partial charge in [0.25, 0.3) is 0 Å². The minimum atomic E-state index is 0.0110. The lowest BCUT2D eigenvalue weighted by atomic mass is 10.1. The van der Waals surface area contributed by atoms with Gasteiger partial charge >= 0.3 is 5.91 Å². The van der Waals surface area contributed by atoms with E-state index >= 15 is 0 Å². The summed E-state index contributed by atoms with van der Waals surface area (Å²) in [4.78, 5) is 11.5. The fourth-order valence-corrected chi connectivity index (χ4v) is 1.34. The second-order valence-corrected chi connectivity index (χ2v) is 2.82. The van der Waals surface area contributed by atoms with Crippen molar-refractivity contribution in [1.29, 1.82) is 0 Å². The second-order valence-electron chi connectivity index (χ2n) is 2.82. The lowest BCUT2D eigenvalue weighted by Gasteiger charge is -2.24. The summed E-state index contributed by atoms with van der Waals surface area (Å²) in [5.74, 6) is 0.0110. The summed E-state index contributed by atoms with van der Waals surface area (Å²) in [6.07, 6.45) is 0. The highest BCUT2D eigenvalue weighted by molar-refractivity contribution is 5.89. The summed E-state index contributed by atoms with van der Waals surface area (Å²) in [5.41, 5.74) is 4.77. The van der Waals surface area contributed by atoms with Gasteiger partial charge in [-0.15, -0.1) is 7.05 Å². The van der Waals surface area contributed by atoms with Crippen molar-refractivity contribution in [2.24, 2.45) is 0 Å². The summed E-state index contributed by atoms with van der Waals surface area (Å²) in [6, 6.07) is 7.59. The van der Waals surface area contributed by atoms with Crippen LogP contribution >= 0.6 is 0 Å². The smallest absolute Gasteiger partial charge is 0.321 e. The zero-order chi connectivity index (χ0) is 8.55. The van der Waals surface area contributed by atoms with Gasteiger partial charge in [-0.25, -0.2) is 4.79 Å². The van der Waals surface area contributed by atoms with Crippen LogP contribution in [0, 0.1) is 7.05 Å². The van der Waals surface area contributed by atoms with E-state index in [-0.39, 0.29) is 5.91 Å². The second kappa shape index (κ2) is 2.69. The lowest BCUT2D eigenvalue weighted by molar-refractivity contribution is -0.819. The molecule has 1 aliphatic heterocycles. The van der Waals surface area contributed by atoms with Gasteiger partial charge in [0.05, 0.1) is 12.1 Å². The number of nitrogens with one attached hydrogen (secondary N) is 2.